The van der Waals surface area contributed by atoms with Gasteiger partial charge in [-0.3, -0.25) is 0 Å². The van der Waals surface area contributed by atoms with Crippen LogP contribution in [-0.2, 0) is 4.74 Å². The van der Waals surface area contributed by atoms with Gasteiger partial charge in [0, 0.05) is 13.1 Å². The predicted octanol–water partition coefficient (Wildman–Crippen LogP) is 2.38. The molecule has 2 aromatic rings. The van der Waals surface area contributed by atoms with E-state index in [2.05, 4.69) is 9.97 Å². The fourth-order valence-electron chi connectivity index (χ4n) is 2.04. The van der Waals surface area contributed by atoms with Crippen molar-refractivity contribution in [2.45, 2.75) is 0 Å². The molecule has 2 heterocycles. The molecule has 0 atom stereocenters. The van der Waals surface area contributed by atoms with E-state index in [1.165, 1.54) is 0 Å². The lowest BCUT2D eigenvalue weighted by atomic mass is 10.3. The van der Waals surface area contributed by atoms with Crippen molar-refractivity contribution in [1.29, 1.82) is 0 Å². The molecule has 0 amide bonds. The normalized spacial score (nSPS) is 15.0. The Labute approximate surface area is 120 Å². The molecule has 3 rings (SSSR count). The van der Waals surface area contributed by atoms with Crippen LogP contribution in [0.1, 0.15) is 0 Å². The SMILES string of the molecule is Fc1nc(Oc2ccccc2)c(F)c(N2CCOCC2)n1. The monoisotopic (exact) mass is 293 g/mol. The van der Waals surface area contributed by atoms with Crippen molar-refractivity contribution < 1.29 is 18.3 Å². The second kappa shape index (κ2) is 6.01. The Morgan fingerprint density at radius 3 is 2.48 bits per heavy atom. The van der Waals surface area contributed by atoms with E-state index in [-0.39, 0.29) is 5.82 Å². The van der Waals surface area contributed by atoms with Gasteiger partial charge in [0.05, 0.1) is 13.2 Å². The predicted molar refractivity (Wildman–Crippen MR) is 71.5 cm³/mol. The van der Waals surface area contributed by atoms with Crippen LogP contribution in [0, 0.1) is 11.9 Å². The quantitative estimate of drug-likeness (QED) is 0.813. The third-order valence-electron chi connectivity index (χ3n) is 3.04. The molecule has 5 nitrogen and oxygen atoms in total. The fourth-order valence-corrected chi connectivity index (χ4v) is 2.04. The highest BCUT2D eigenvalue weighted by Gasteiger charge is 2.23. The Hall–Kier alpha value is -2.28. The molecule has 1 aromatic carbocycles. The van der Waals surface area contributed by atoms with E-state index < -0.39 is 17.8 Å². The van der Waals surface area contributed by atoms with E-state index in [9.17, 15) is 8.78 Å². The van der Waals surface area contributed by atoms with Gasteiger partial charge in [0.25, 0.3) is 5.88 Å². The zero-order chi connectivity index (χ0) is 14.7. The van der Waals surface area contributed by atoms with Gasteiger partial charge in [-0.25, -0.2) is 0 Å². The Bertz CT molecular complexity index is 619. The molecule has 1 aliphatic rings. The number of morpholine rings is 1. The van der Waals surface area contributed by atoms with Crippen molar-refractivity contribution in [3.05, 3.63) is 42.2 Å². The summed E-state index contributed by atoms with van der Waals surface area (Å²) < 4.78 is 38.4. The van der Waals surface area contributed by atoms with Crippen molar-refractivity contribution in [3.8, 4) is 11.6 Å². The van der Waals surface area contributed by atoms with Crippen LogP contribution in [0.5, 0.6) is 11.6 Å². The summed E-state index contributed by atoms with van der Waals surface area (Å²) in [7, 11) is 0. The van der Waals surface area contributed by atoms with E-state index in [1.54, 1.807) is 35.2 Å². The van der Waals surface area contributed by atoms with Gasteiger partial charge in [0.1, 0.15) is 5.75 Å². The molecule has 7 heteroatoms. The summed E-state index contributed by atoms with van der Waals surface area (Å²) in [4.78, 5) is 8.54. The largest absolute Gasteiger partial charge is 0.436 e. The highest BCUT2D eigenvalue weighted by atomic mass is 19.1. The van der Waals surface area contributed by atoms with E-state index in [0.29, 0.717) is 32.1 Å². The molecule has 0 unspecified atom stereocenters. The lowest BCUT2D eigenvalue weighted by Gasteiger charge is -2.28. The molecule has 110 valence electrons. The molecule has 0 bridgehead atoms. The first kappa shape index (κ1) is 13.7. The number of aromatic nitrogens is 2. The first-order valence-corrected chi connectivity index (χ1v) is 6.52. The minimum absolute atomic E-state index is 0.100. The summed E-state index contributed by atoms with van der Waals surface area (Å²) in [5.41, 5.74) is 0. The maximum absolute atomic E-state index is 14.4. The first-order valence-electron chi connectivity index (χ1n) is 6.52. The number of ether oxygens (including phenoxy) is 2. The summed E-state index contributed by atoms with van der Waals surface area (Å²) >= 11 is 0. The van der Waals surface area contributed by atoms with Crippen LogP contribution in [0.15, 0.2) is 30.3 Å². The number of rotatable bonds is 3. The van der Waals surface area contributed by atoms with Crippen molar-refractivity contribution in [1.82, 2.24) is 9.97 Å². The van der Waals surface area contributed by atoms with Gasteiger partial charge in [-0.2, -0.15) is 18.7 Å². The molecule has 1 aromatic heterocycles. The van der Waals surface area contributed by atoms with Gasteiger partial charge in [0.15, 0.2) is 5.82 Å². The van der Waals surface area contributed by atoms with Gasteiger partial charge >= 0.3 is 6.08 Å². The third kappa shape index (κ3) is 3.08. The van der Waals surface area contributed by atoms with Crippen molar-refractivity contribution >= 4 is 5.82 Å². The molecule has 1 saturated heterocycles. The molecule has 1 aliphatic heterocycles. The Morgan fingerprint density at radius 1 is 1.05 bits per heavy atom. The van der Waals surface area contributed by atoms with Crippen LogP contribution in [0.4, 0.5) is 14.6 Å². The Morgan fingerprint density at radius 2 is 1.76 bits per heavy atom. The minimum Gasteiger partial charge on any atom is -0.436 e. The second-order valence-electron chi connectivity index (χ2n) is 4.45. The minimum atomic E-state index is -1.02. The first-order chi connectivity index (χ1) is 10.2. The summed E-state index contributed by atoms with van der Waals surface area (Å²) in [5.74, 6) is -0.920. The van der Waals surface area contributed by atoms with Crippen LogP contribution in [0.25, 0.3) is 0 Å². The smallest absolute Gasteiger partial charge is 0.314 e. The number of halogens is 2. The standard InChI is InChI=1S/C14H13F2N3O2/c15-11-12(19-6-8-20-9-7-19)17-14(16)18-13(11)21-10-4-2-1-3-5-10/h1-5H,6-9H2. The van der Waals surface area contributed by atoms with Gasteiger partial charge < -0.3 is 14.4 Å². The number of benzene rings is 1. The van der Waals surface area contributed by atoms with Crippen LogP contribution in [0.3, 0.4) is 0 Å². The summed E-state index contributed by atoms with van der Waals surface area (Å²) in [6, 6.07) is 8.52. The van der Waals surface area contributed by atoms with E-state index in [4.69, 9.17) is 9.47 Å². The zero-order valence-electron chi connectivity index (χ0n) is 11.1. The van der Waals surface area contributed by atoms with Crippen LogP contribution < -0.4 is 9.64 Å². The van der Waals surface area contributed by atoms with Crippen molar-refractivity contribution in [2.24, 2.45) is 0 Å². The van der Waals surface area contributed by atoms with Gasteiger partial charge in [-0.05, 0) is 12.1 Å². The maximum atomic E-state index is 14.4. The lowest BCUT2D eigenvalue weighted by Crippen LogP contribution is -2.37. The number of para-hydroxylation sites is 1. The molecular weight excluding hydrogens is 280 g/mol. The average Bonchev–Trinajstić information content (AvgIpc) is 2.52. The fraction of sp³-hybridized carbons (Fsp3) is 0.286. The Balaban J connectivity index is 1.92. The molecule has 0 aliphatic carbocycles. The Kier molecular flexibility index (Phi) is 3.92. The molecular formula is C14H13F2N3O2. The highest BCUT2D eigenvalue weighted by molar-refractivity contribution is 5.44. The molecule has 21 heavy (non-hydrogen) atoms. The van der Waals surface area contributed by atoms with E-state index in [0.717, 1.165) is 0 Å². The number of anilines is 1. The third-order valence-corrected chi connectivity index (χ3v) is 3.04. The summed E-state index contributed by atoms with van der Waals surface area (Å²) in [6.45, 7) is 1.77. The van der Waals surface area contributed by atoms with Gasteiger partial charge in [-0.15, -0.1) is 0 Å². The van der Waals surface area contributed by atoms with Crippen LogP contribution in [0.2, 0.25) is 0 Å². The summed E-state index contributed by atoms with van der Waals surface area (Å²) in [5, 5.41) is 0. The average molecular weight is 293 g/mol. The highest BCUT2D eigenvalue weighted by Crippen LogP contribution is 2.28. The van der Waals surface area contributed by atoms with Crippen LogP contribution in [-0.4, -0.2) is 36.3 Å². The van der Waals surface area contributed by atoms with Crippen molar-refractivity contribution in [3.63, 3.8) is 0 Å². The van der Waals surface area contributed by atoms with E-state index in [1.807, 2.05) is 0 Å². The molecule has 1 fully saturated rings. The second-order valence-corrected chi connectivity index (χ2v) is 4.45. The lowest BCUT2D eigenvalue weighted by molar-refractivity contribution is 0.122. The molecule has 0 spiro atoms. The van der Waals surface area contributed by atoms with Crippen molar-refractivity contribution in [2.75, 3.05) is 31.2 Å². The zero-order valence-corrected chi connectivity index (χ0v) is 11.1. The van der Waals surface area contributed by atoms with Gasteiger partial charge in [-0.1, -0.05) is 18.2 Å². The number of nitrogens with zero attached hydrogens (tertiary/aromatic N) is 3. The van der Waals surface area contributed by atoms with Gasteiger partial charge in [0.2, 0.25) is 5.82 Å². The maximum Gasteiger partial charge on any atom is 0.314 e. The number of hydrogen-bond donors (Lipinski definition) is 0. The van der Waals surface area contributed by atoms with E-state index >= 15 is 0 Å². The molecule has 0 saturated carbocycles. The van der Waals surface area contributed by atoms with Crippen LogP contribution >= 0.6 is 0 Å². The topological polar surface area (TPSA) is 47.5 Å². The number of hydrogen-bond acceptors (Lipinski definition) is 5. The molecule has 0 N–H and O–H groups in total. The molecule has 0 radical (unpaired) electrons. The summed E-state index contributed by atoms with van der Waals surface area (Å²) in [6.07, 6.45) is -1.02.